The van der Waals surface area contributed by atoms with Crippen molar-refractivity contribution in [3.63, 3.8) is 0 Å². The van der Waals surface area contributed by atoms with Crippen molar-refractivity contribution < 1.29 is 4.74 Å². The van der Waals surface area contributed by atoms with Gasteiger partial charge in [-0.25, -0.2) is 0 Å². The Morgan fingerprint density at radius 2 is 1.71 bits per heavy atom. The van der Waals surface area contributed by atoms with Gasteiger partial charge in [0, 0.05) is 26.2 Å². The quantitative estimate of drug-likeness (QED) is 0.304. The molecule has 0 bridgehead atoms. The van der Waals surface area contributed by atoms with Crippen molar-refractivity contribution in [3.8, 4) is 0 Å². The summed E-state index contributed by atoms with van der Waals surface area (Å²) < 4.78 is 5.46. The summed E-state index contributed by atoms with van der Waals surface area (Å²) in [6, 6.07) is 0. The molecule has 0 spiro atoms. The molecule has 0 saturated heterocycles. The van der Waals surface area contributed by atoms with Crippen LogP contribution in [-0.4, -0.2) is 38.3 Å². The average Bonchev–Trinajstić information content (AvgIpc) is 2.23. The van der Waals surface area contributed by atoms with E-state index in [1.54, 1.807) is 0 Å². The van der Waals surface area contributed by atoms with Gasteiger partial charge in [-0.1, -0.05) is 0 Å². The van der Waals surface area contributed by atoms with Crippen molar-refractivity contribution in [2.24, 2.45) is 4.99 Å². The van der Waals surface area contributed by atoms with Gasteiger partial charge >= 0.3 is 0 Å². The van der Waals surface area contributed by atoms with Gasteiger partial charge in [-0.3, -0.25) is 4.99 Å². The summed E-state index contributed by atoms with van der Waals surface area (Å²) in [5.74, 6) is 0.912. The maximum absolute atomic E-state index is 5.46. The molecule has 0 aromatic carbocycles. The standard InChI is InChI=1S/C12H27N3O.HI/c1-5-13-12(14-6-2)15-9-7-8-10-16-11(3)4;/h11H,5-10H2,1-4H3,(H2,13,14,15);1H. The Bertz CT molecular complexity index is 179. The van der Waals surface area contributed by atoms with Crippen molar-refractivity contribution in [2.75, 3.05) is 26.2 Å². The number of ether oxygens (including phenoxy) is 1. The lowest BCUT2D eigenvalue weighted by molar-refractivity contribution is 0.0763. The van der Waals surface area contributed by atoms with E-state index in [4.69, 9.17) is 4.74 Å². The molecule has 2 N–H and O–H groups in total. The van der Waals surface area contributed by atoms with Crippen molar-refractivity contribution in [3.05, 3.63) is 0 Å². The molecule has 0 atom stereocenters. The van der Waals surface area contributed by atoms with Crippen LogP contribution in [0.5, 0.6) is 0 Å². The van der Waals surface area contributed by atoms with Gasteiger partial charge in [0.1, 0.15) is 0 Å². The second-order valence-electron chi connectivity index (χ2n) is 3.92. The smallest absolute Gasteiger partial charge is 0.191 e. The van der Waals surface area contributed by atoms with Crippen LogP contribution in [0.1, 0.15) is 40.5 Å². The van der Waals surface area contributed by atoms with Crippen molar-refractivity contribution in [1.29, 1.82) is 0 Å². The summed E-state index contributed by atoms with van der Waals surface area (Å²) in [6.07, 6.45) is 2.49. The highest BCUT2D eigenvalue weighted by Gasteiger charge is 1.95. The van der Waals surface area contributed by atoms with E-state index in [1.807, 2.05) is 0 Å². The minimum Gasteiger partial charge on any atom is -0.379 e. The first-order valence-electron chi connectivity index (χ1n) is 6.34. The highest BCUT2D eigenvalue weighted by Crippen LogP contribution is 1.94. The van der Waals surface area contributed by atoms with E-state index >= 15 is 0 Å². The molecule has 17 heavy (non-hydrogen) atoms. The third kappa shape index (κ3) is 13.9. The van der Waals surface area contributed by atoms with Crippen LogP contribution in [0.25, 0.3) is 0 Å². The maximum Gasteiger partial charge on any atom is 0.191 e. The number of hydrogen-bond acceptors (Lipinski definition) is 2. The number of guanidine groups is 1. The summed E-state index contributed by atoms with van der Waals surface area (Å²) in [7, 11) is 0. The lowest BCUT2D eigenvalue weighted by atomic mass is 10.3. The van der Waals surface area contributed by atoms with Crippen LogP contribution in [-0.2, 0) is 4.74 Å². The monoisotopic (exact) mass is 357 g/mol. The molecule has 104 valence electrons. The Kier molecular flexibility index (Phi) is 15.9. The predicted molar refractivity (Wildman–Crippen MR) is 85.4 cm³/mol. The van der Waals surface area contributed by atoms with Gasteiger partial charge in [0.25, 0.3) is 0 Å². The molecule has 0 aliphatic heterocycles. The molecule has 0 rings (SSSR count). The number of nitrogens with zero attached hydrogens (tertiary/aromatic N) is 1. The van der Waals surface area contributed by atoms with E-state index in [1.165, 1.54) is 0 Å². The number of halogens is 1. The Morgan fingerprint density at radius 3 is 2.18 bits per heavy atom. The van der Waals surface area contributed by atoms with Crippen LogP contribution >= 0.6 is 24.0 Å². The summed E-state index contributed by atoms with van der Waals surface area (Å²) >= 11 is 0. The fraction of sp³-hybridized carbons (Fsp3) is 0.917. The third-order valence-electron chi connectivity index (χ3n) is 1.96. The summed E-state index contributed by atoms with van der Waals surface area (Å²) in [4.78, 5) is 4.46. The van der Waals surface area contributed by atoms with E-state index in [9.17, 15) is 0 Å². The van der Waals surface area contributed by atoms with Crippen LogP contribution in [0.2, 0.25) is 0 Å². The van der Waals surface area contributed by atoms with Crippen molar-refractivity contribution in [1.82, 2.24) is 10.6 Å². The van der Waals surface area contributed by atoms with Gasteiger partial charge in [-0.15, -0.1) is 24.0 Å². The van der Waals surface area contributed by atoms with Crippen LogP contribution in [0, 0.1) is 0 Å². The second kappa shape index (κ2) is 14.0. The molecule has 0 aromatic heterocycles. The zero-order valence-electron chi connectivity index (χ0n) is 11.6. The molecule has 5 heteroatoms. The Labute approximate surface area is 123 Å². The largest absolute Gasteiger partial charge is 0.379 e. The number of aliphatic imine (C=N–C) groups is 1. The Balaban J connectivity index is 0. The minimum atomic E-state index is 0. The molecular formula is C12H28IN3O. The van der Waals surface area contributed by atoms with E-state index in [0.717, 1.165) is 45.0 Å². The Hall–Kier alpha value is -0.0400. The first-order valence-corrected chi connectivity index (χ1v) is 6.34. The molecule has 0 aromatic rings. The van der Waals surface area contributed by atoms with E-state index in [2.05, 4.69) is 43.3 Å². The normalized spacial score (nSPS) is 9.71. The Morgan fingerprint density at radius 1 is 1.12 bits per heavy atom. The molecular weight excluding hydrogens is 329 g/mol. The van der Waals surface area contributed by atoms with Gasteiger partial charge in [-0.2, -0.15) is 0 Å². The zero-order valence-corrected chi connectivity index (χ0v) is 13.9. The molecule has 0 saturated carbocycles. The molecule has 0 heterocycles. The molecule has 0 aliphatic rings. The van der Waals surface area contributed by atoms with E-state index in [0.29, 0.717) is 6.10 Å². The van der Waals surface area contributed by atoms with Crippen LogP contribution in [0.3, 0.4) is 0 Å². The van der Waals surface area contributed by atoms with Crippen LogP contribution < -0.4 is 10.6 Å². The summed E-state index contributed by atoms with van der Waals surface area (Å²) in [5, 5.41) is 6.40. The predicted octanol–water partition coefficient (Wildman–Crippen LogP) is 2.38. The number of rotatable bonds is 8. The van der Waals surface area contributed by atoms with Crippen molar-refractivity contribution >= 4 is 29.9 Å². The van der Waals surface area contributed by atoms with Gasteiger partial charge < -0.3 is 15.4 Å². The highest BCUT2D eigenvalue weighted by molar-refractivity contribution is 14.0. The average molecular weight is 357 g/mol. The second-order valence-corrected chi connectivity index (χ2v) is 3.92. The maximum atomic E-state index is 5.46. The number of nitrogens with one attached hydrogen (secondary N) is 2. The zero-order chi connectivity index (χ0) is 12.2. The topological polar surface area (TPSA) is 45.7 Å². The first kappa shape index (κ1) is 19.3. The van der Waals surface area contributed by atoms with Crippen LogP contribution in [0.15, 0.2) is 4.99 Å². The number of unbranched alkanes of at least 4 members (excludes halogenated alkanes) is 1. The van der Waals surface area contributed by atoms with E-state index in [-0.39, 0.29) is 24.0 Å². The van der Waals surface area contributed by atoms with Gasteiger partial charge in [0.05, 0.1) is 6.10 Å². The SMILES string of the molecule is CCNC(=NCCCCOC(C)C)NCC.I. The lowest BCUT2D eigenvalue weighted by Gasteiger charge is -2.09. The minimum absolute atomic E-state index is 0. The molecule has 0 radical (unpaired) electrons. The molecule has 0 amide bonds. The van der Waals surface area contributed by atoms with E-state index < -0.39 is 0 Å². The first-order chi connectivity index (χ1) is 7.70. The third-order valence-corrected chi connectivity index (χ3v) is 1.96. The molecule has 4 nitrogen and oxygen atoms in total. The van der Waals surface area contributed by atoms with Crippen LogP contribution in [0.4, 0.5) is 0 Å². The van der Waals surface area contributed by atoms with Gasteiger partial charge in [0.15, 0.2) is 5.96 Å². The van der Waals surface area contributed by atoms with Gasteiger partial charge in [0.2, 0.25) is 0 Å². The number of hydrogen-bond donors (Lipinski definition) is 2. The highest BCUT2D eigenvalue weighted by atomic mass is 127. The summed E-state index contributed by atoms with van der Waals surface area (Å²) in [5.41, 5.74) is 0. The lowest BCUT2D eigenvalue weighted by Crippen LogP contribution is -2.37. The summed E-state index contributed by atoms with van der Waals surface area (Å²) in [6.45, 7) is 11.8. The fourth-order valence-electron chi connectivity index (χ4n) is 1.23. The molecule has 0 unspecified atom stereocenters. The van der Waals surface area contributed by atoms with Gasteiger partial charge in [-0.05, 0) is 40.5 Å². The van der Waals surface area contributed by atoms with Crippen molar-refractivity contribution in [2.45, 2.75) is 46.6 Å². The molecule has 0 aliphatic carbocycles. The molecule has 0 fully saturated rings. The fourth-order valence-corrected chi connectivity index (χ4v) is 1.23.